The lowest BCUT2D eigenvalue weighted by molar-refractivity contribution is -0.123. The van der Waals surface area contributed by atoms with Crippen molar-refractivity contribution in [2.24, 2.45) is 0 Å². The Balaban J connectivity index is 1.63. The van der Waals surface area contributed by atoms with Gasteiger partial charge in [-0.15, -0.1) is 0 Å². The lowest BCUT2D eigenvalue weighted by atomic mass is 9.92. The standard InChI is InChI=1S/C19H20N2O5/c1-19(2)9-15(23)18-14(22)7-13(8-16(18)26-19)25-11-17(24)21-10-12-3-5-20-6-4-12/h3-8,22H,9-11H2,1-2H3,(H,21,24). The maximum Gasteiger partial charge on any atom is 0.258 e. The highest BCUT2D eigenvalue weighted by atomic mass is 16.5. The first-order valence-corrected chi connectivity index (χ1v) is 8.22. The molecule has 0 fully saturated rings. The molecule has 0 saturated carbocycles. The van der Waals surface area contributed by atoms with Gasteiger partial charge in [-0.1, -0.05) is 0 Å². The van der Waals surface area contributed by atoms with Gasteiger partial charge in [-0.3, -0.25) is 14.6 Å². The Morgan fingerprint density at radius 1 is 1.35 bits per heavy atom. The normalized spacial score (nSPS) is 14.9. The van der Waals surface area contributed by atoms with Gasteiger partial charge >= 0.3 is 0 Å². The summed E-state index contributed by atoms with van der Waals surface area (Å²) in [4.78, 5) is 28.0. The van der Waals surface area contributed by atoms with Crippen molar-refractivity contribution in [1.29, 1.82) is 0 Å². The van der Waals surface area contributed by atoms with Crippen molar-refractivity contribution in [3.63, 3.8) is 0 Å². The molecule has 3 rings (SSSR count). The van der Waals surface area contributed by atoms with Crippen molar-refractivity contribution in [3.05, 3.63) is 47.8 Å². The summed E-state index contributed by atoms with van der Waals surface area (Å²) in [5.74, 6) is -0.189. The van der Waals surface area contributed by atoms with Crippen LogP contribution in [-0.4, -0.2) is 34.0 Å². The number of pyridine rings is 1. The topological polar surface area (TPSA) is 97.8 Å². The molecule has 0 radical (unpaired) electrons. The summed E-state index contributed by atoms with van der Waals surface area (Å²) < 4.78 is 11.2. The van der Waals surface area contributed by atoms with Crippen LogP contribution in [0, 0.1) is 0 Å². The lowest BCUT2D eigenvalue weighted by Gasteiger charge is -2.32. The fourth-order valence-corrected chi connectivity index (χ4v) is 2.73. The van der Waals surface area contributed by atoms with Crippen molar-refractivity contribution >= 4 is 11.7 Å². The third-order valence-electron chi connectivity index (χ3n) is 3.92. The molecule has 26 heavy (non-hydrogen) atoms. The van der Waals surface area contributed by atoms with Gasteiger partial charge in [0.2, 0.25) is 0 Å². The summed E-state index contributed by atoms with van der Waals surface area (Å²) in [6.45, 7) is 3.74. The Kier molecular flexibility index (Phi) is 4.79. The van der Waals surface area contributed by atoms with Crippen LogP contribution in [0.3, 0.4) is 0 Å². The fourth-order valence-electron chi connectivity index (χ4n) is 2.73. The van der Waals surface area contributed by atoms with E-state index in [0.29, 0.717) is 6.54 Å². The van der Waals surface area contributed by atoms with Gasteiger partial charge in [0.25, 0.3) is 5.91 Å². The third-order valence-corrected chi connectivity index (χ3v) is 3.92. The number of phenolic OH excluding ortho intramolecular Hbond substituents is 1. The molecule has 2 N–H and O–H groups in total. The van der Waals surface area contributed by atoms with E-state index in [1.807, 2.05) is 0 Å². The number of Topliss-reactive ketones (excluding diaryl/α,β-unsaturated/α-hetero) is 1. The van der Waals surface area contributed by atoms with E-state index in [2.05, 4.69) is 10.3 Å². The summed E-state index contributed by atoms with van der Waals surface area (Å²) in [7, 11) is 0. The summed E-state index contributed by atoms with van der Waals surface area (Å²) in [5, 5.41) is 12.8. The molecule has 1 aliphatic rings. The van der Waals surface area contributed by atoms with Crippen LogP contribution in [-0.2, 0) is 11.3 Å². The number of rotatable bonds is 5. The molecule has 2 aromatic rings. The number of amides is 1. The summed E-state index contributed by atoms with van der Waals surface area (Å²) >= 11 is 0. The second-order valence-corrected chi connectivity index (χ2v) is 6.70. The molecule has 0 spiro atoms. The van der Waals surface area contributed by atoms with Crippen LogP contribution in [0.25, 0.3) is 0 Å². The van der Waals surface area contributed by atoms with Crippen molar-refractivity contribution in [2.75, 3.05) is 6.61 Å². The molecule has 2 heterocycles. The van der Waals surface area contributed by atoms with Crippen LogP contribution in [0.2, 0.25) is 0 Å². The van der Waals surface area contributed by atoms with Gasteiger partial charge in [0.1, 0.15) is 28.4 Å². The van der Waals surface area contributed by atoms with E-state index in [0.717, 1.165) is 5.56 Å². The number of nitrogens with one attached hydrogen (secondary N) is 1. The molecule has 0 saturated heterocycles. The minimum atomic E-state index is -0.656. The monoisotopic (exact) mass is 356 g/mol. The number of nitrogens with zero attached hydrogens (tertiary/aromatic N) is 1. The van der Waals surface area contributed by atoms with E-state index < -0.39 is 5.60 Å². The van der Waals surface area contributed by atoms with Gasteiger partial charge < -0.3 is 19.9 Å². The van der Waals surface area contributed by atoms with E-state index in [1.165, 1.54) is 12.1 Å². The van der Waals surface area contributed by atoms with Crippen molar-refractivity contribution in [2.45, 2.75) is 32.4 Å². The van der Waals surface area contributed by atoms with Crippen LogP contribution in [0.15, 0.2) is 36.7 Å². The smallest absolute Gasteiger partial charge is 0.258 e. The van der Waals surface area contributed by atoms with Crippen molar-refractivity contribution in [3.8, 4) is 17.2 Å². The zero-order chi connectivity index (χ0) is 18.7. The number of ketones is 1. The Labute approximate surface area is 151 Å². The predicted octanol–water partition coefficient (Wildman–Crippen LogP) is 2.23. The number of phenols is 1. The minimum Gasteiger partial charge on any atom is -0.507 e. The number of hydrogen-bond acceptors (Lipinski definition) is 6. The molecule has 0 atom stereocenters. The maximum absolute atomic E-state index is 12.2. The minimum absolute atomic E-state index is 0.152. The average Bonchev–Trinajstić information content (AvgIpc) is 2.57. The lowest BCUT2D eigenvalue weighted by Crippen LogP contribution is -2.36. The first-order chi connectivity index (χ1) is 12.3. The summed E-state index contributed by atoms with van der Waals surface area (Å²) in [5.41, 5.74) is 0.421. The summed E-state index contributed by atoms with van der Waals surface area (Å²) in [6.07, 6.45) is 3.48. The molecule has 136 valence electrons. The van der Waals surface area contributed by atoms with E-state index in [1.54, 1.807) is 38.4 Å². The number of carbonyl (C=O) groups excluding carboxylic acids is 2. The third kappa shape index (κ3) is 4.11. The number of ether oxygens (including phenoxy) is 2. The summed E-state index contributed by atoms with van der Waals surface area (Å²) in [6, 6.07) is 6.44. The number of aromatic hydroxyl groups is 1. The molecule has 1 aromatic carbocycles. The molecule has 7 nitrogen and oxygen atoms in total. The molecule has 7 heteroatoms. The van der Waals surface area contributed by atoms with Gasteiger partial charge in [-0.2, -0.15) is 0 Å². The number of benzene rings is 1. The number of aromatic nitrogens is 1. The second-order valence-electron chi connectivity index (χ2n) is 6.70. The van der Waals surface area contributed by atoms with E-state index in [9.17, 15) is 14.7 Å². The van der Waals surface area contributed by atoms with Crippen LogP contribution in [0.5, 0.6) is 17.2 Å². The first kappa shape index (κ1) is 17.7. The highest BCUT2D eigenvalue weighted by molar-refractivity contribution is 6.03. The number of fused-ring (bicyclic) bond motifs is 1. The Morgan fingerprint density at radius 3 is 2.81 bits per heavy atom. The Hall–Kier alpha value is -3.09. The molecule has 1 aliphatic heterocycles. The fraction of sp³-hybridized carbons (Fsp3) is 0.316. The highest BCUT2D eigenvalue weighted by Crippen LogP contribution is 2.40. The quantitative estimate of drug-likeness (QED) is 0.852. The molecule has 0 unspecified atom stereocenters. The Morgan fingerprint density at radius 2 is 2.08 bits per heavy atom. The van der Waals surface area contributed by atoms with Crippen molar-refractivity contribution in [1.82, 2.24) is 10.3 Å². The largest absolute Gasteiger partial charge is 0.507 e. The van der Waals surface area contributed by atoms with E-state index in [-0.39, 0.29) is 47.5 Å². The number of hydrogen-bond donors (Lipinski definition) is 2. The maximum atomic E-state index is 12.2. The highest BCUT2D eigenvalue weighted by Gasteiger charge is 2.34. The molecular weight excluding hydrogens is 336 g/mol. The molecular formula is C19H20N2O5. The van der Waals surface area contributed by atoms with Gasteiger partial charge in [-0.05, 0) is 31.5 Å². The molecule has 0 bridgehead atoms. The van der Waals surface area contributed by atoms with Gasteiger partial charge in [0.05, 0.1) is 6.42 Å². The van der Waals surface area contributed by atoms with Gasteiger partial charge in [0, 0.05) is 31.1 Å². The van der Waals surface area contributed by atoms with Crippen LogP contribution in [0.1, 0.15) is 36.2 Å². The molecule has 1 amide bonds. The molecule has 0 aliphatic carbocycles. The van der Waals surface area contributed by atoms with E-state index >= 15 is 0 Å². The second kappa shape index (κ2) is 7.03. The van der Waals surface area contributed by atoms with Crippen LogP contribution >= 0.6 is 0 Å². The van der Waals surface area contributed by atoms with Crippen LogP contribution < -0.4 is 14.8 Å². The van der Waals surface area contributed by atoms with Crippen molar-refractivity contribution < 1.29 is 24.2 Å². The first-order valence-electron chi connectivity index (χ1n) is 8.22. The zero-order valence-electron chi connectivity index (χ0n) is 14.6. The van der Waals surface area contributed by atoms with Crippen LogP contribution in [0.4, 0.5) is 0 Å². The predicted molar refractivity (Wildman–Crippen MR) is 93.3 cm³/mol. The van der Waals surface area contributed by atoms with E-state index in [4.69, 9.17) is 9.47 Å². The Bertz CT molecular complexity index is 833. The average molecular weight is 356 g/mol. The van der Waals surface area contributed by atoms with Gasteiger partial charge in [-0.25, -0.2) is 0 Å². The molecule has 1 aromatic heterocycles. The zero-order valence-corrected chi connectivity index (χ0v) is 14.6. The van der Waals surface area contributed by atoms with Gasteiger partial charge in [0.15, 0.2) is 12.4 Å². The SMILES string of the molecule is CC1(C)CC(=O)c2c(O)cc(OCC(=O)NCc3ccncc3)cc2O1. The number of carbonyl (C=O) groups is 2.